The van der Waals surface area contributed by atoms with Gasteiger partial charge in [0.15, 0.2) is 0 Å². The van der Waals surface area contributed by atoms with Crippen LogP contribution in [-0.2, 0) is 14.3 Å². The smallest absolute Gasteiger partial charge is 0.238 e. The van der Waals surface area contributed by atoms with Crippen LogP contribution >= 0.6 is 0 Å². The van der Waals surface area contributed by atoms with Crippen LogP contribution in [0.1, 0.15) is 51.5 Å². The van der Waals surface area contributed by atoms with Gasteiger partial charge in [-0.1, -0.05) is 79.6 Å². The molecule has 0 aromatic heterocycles. The molecule has 2 amide bonds. The highest BCUT2D eigenvalue weighted by atomic mass is 16.5. The number of rotatable bonds is 7. The van der Waals surface area contributed by atoms with E-state index in [9.17, 15) is 14.7 Å². The van der Waals surface area contributed by atoms with E-state index in [2.05, 4.69) is 19.9 Å². The van der Waals surface area contributed by atoms with Crippen LogP contribution in [0, 0.1) is 17.8 Å². The number of carbonyl (C=O) groups is 2. The summed E-state index contributed by atoms with van der Waals surface area (Å²) in [7, 11) is 0. The number of carbonyl (C=O) groups excluding carboxylic acids is 2. The zero-order valence-corrected chi connectivity index (χ0v) is 22.6. The zero-order chi connectivity index (χ0) is 27.1. The minimum absolute atomic E-state index is 0.0221. The third kappa shape index (κ3) is 4.39. The van der Waals surface area contributed by atoms with Gasteiger partial charge in [0.2, 0.25) is 11.8 Å². The number of hydrogen-bond acceptors (Lipinski definition) is 4. The lowest BCUT2D eigenvalue weighted by molar-refractivity contribution is -0.122. The summed E-state index contributed by atoms with van der Waals surface area (Å²) in [5, 5.41) is 12.2. The van der Waals surface area contributed by atoms with Gasteiger partial charge < -0.3 is 9.84 Å². The van der Waals surface area contributed by atoms with Crippen LogP contribution in [-0.4, -0.2) is 29.6 Å². The van der Waals surface area contributed by atoms with E-state index in [4.69, 9.17) is 4.74 Å². The monoisotopic (exact) mass is 521 g/mol. The molecule has 4 atom stereocenters. The van der Waals surface area contributed by atoms with E-state index in [1.54, 1.807) is 6.07 Å². The first-order valence-corrected chi connectivity index (χ1v) is 14.2. The van der Waals surface area contributed by atoms with Crippen LogP contribution in [0.5, 0.6) is 5.75 Å². The van der Waals surface area contributed by atoms with E-state index in [1.807, 2.05) is 60.7 Å². The molecule has 0 spiro atoms. The largest absolute Gasteiger partial charge is 0.507 e. The number of hydrogen-bond donors (Lipinski definition) is 1. The summed E-state index contributed by atoms with van der Waals surface area (Å²) in [6.07, 6.45) is 6.42. The normalized spacial score (nSPS) is 25.0. The number of benzene rings is 3. The van der Waals surface area contributed by atoms with Crippen molar-refractivity contribution in [2.45, 2.75) is 52.1 Å². The molecule has 0 saturated carbocycles. The highest BCUT2D eigenvalue weighted by Crippen LogP contribution is 2.51. The van der Waals surface area contributed by atoms with Crippen molar-refractivity contribution in [1.29, 1.82) is 0 Å². The Kier molecular flexibility index (Phi) is 6.86. The molecule has 200 valence electrons. The van der Waals surface area contributed by atoms with E-state index >= 15 is 0 Å². The van der Waals surface area contributed by atoms with E-state index in [-0.39, 0.29) is 35.7 Å². The molecule has 3 aromatic rings. The molecule has 0 bridgehead atoms. The summed E-state index contributed by atoms with van der Waals surface area (Å²) in [6, 6.07) is 21.0. The molecule has 2 heterocycles. The van der Waals surface area contributed by atoms with Crippen molar-refractivity contribution in [2.75, 3.05) is 11.5 Å². The highest BCUT2D eigenvalue weighted by molar-refractivity contribution is 6.22. The summed E-state index contributed by atoms with van der Waals surface area (Å²) >= 11 is 0. The predicted octanol–water partition coefficient (Wildman–Crippen LogP) is 7.05. The molecule has 0 unspecified atom stereocenters. The van der Waals surface area contributed by atoms with E-state index in [0.29, 0.717) is 24.5 Å². The number of ether oxygens (including phenoxy) is 1. The molecule has 6 rings (SSSR count). The minimum Gasteiger partial charge on any atom is -0.507 e. The number of nitrogens with zero attached hydrogens (tertiary/aromatic N) is 1. The zero-order valence-electron chi connectivity index (χ0n) is 22.6. The number of anilines is 1. The third-order valence-corrected chi connectivity index (χ3v) is 8.93. The lowest BCUT2D eigenvalue weighted by Crippen LogP contribution is -2.34. The number of fused-ring (bicyclic) bond motifs is 4. The fourth-order valence-electron chi connectivity index (χ4n) is 6.96. The maximum atomic E-state index is 13.6. The molecule has 2 fully saturated rings. The van der Waals surface area contributed by atoms with Crippen LogP contribution in [0.3, 0.4) is 0 Å². The fourth-order valence-corrected chi connectivity index (χ4v) is 6.96. The molecule has 5 heteroatoms. The van der Waals surface area contributed by atoms with Gasteiger partial charge in [0.25, 0.3) is 0 Å². The van der Waals surface area contributed by atoms with Gasteiger partial charge in [-0.25, -0.2) is 0 Å². The summed E-state index contributed by atoms with van der Waals surface area (Å²) in [5.41, 5.74) is 5.67. The van der Waals surface area contributed by atoms with Crippen molar-refractivity contribution in [3.63, 3.8) is 0 Å². The summed E-state index contributed by atoms with van der Waals surface area (Å²) < 4.78 is 6.40. The Bertz CT molecular complexity index is 1490. The SMILES string of the molecule is CCC1=C2[C@@H](CC/C(=C/c3ccc(O)c4ccccc34)CC)OC[C@@H]2[C@@H]2C(=O)N(c3ccccc3)C(=O)[C@@H]2C1. The molecule has 3 aromatic carbocycles. The van der Waals surface area contributed by atoms with Gasteiger partial charge in [-0.05, 0) is 66.8 Å². The second kappa shape index (κ2) is 10.5. The lowest BCUT2D eigenvalue weighted by Gasteiger charge is -2.31. The average molecular weight is 522 g/mol. The van der Waals surface area contributed by atoms with Gasteiger partial charge >= 0.3 is 0 Å². The molecule has 2 aliphatic heterocycles. The Morgan fingerprint density at radius 2 is 1.69 bits per heavy atom. The van der Waals surface area contributed by atoms with Crippen molar-refractivity contribution >= 4 is 34.4 Å². The predicted molar refractivity (Wildman–Crippen MR) is 154 cm³/mol. The minimum atomic E-state index is -0.336. The van der Waals surface area contributed by atoms with Gasteiger partial charge in [0.05, 0.1) is 30.2 Å². The number of amides is 2. The quantitative estimate of drug-likeness (QED) is 0.267. The van der Waals surface area contributed by atoms with Gasteiger partial charge in [-0.2, -0.15) is 0 Å². The number of imide groups is 1. The highest BCUT2D eigenvalue weighted by Gasteiger charge is 2.57. The molecule has 1 aliphatic carbocycles. The molecule has 3 aliphatic rings. The lowest BCUT2D eigenvalue weighted by atomic mass is 9.69. The van der Waals surface area contributed by atoms with Crippen LogP contribution in [0.2, 0.25) is 0 Å². The standard InChI is InChI=1S/C34H35NO4/c1-3-21(18-23-15-16-29(36)26-13-9-8-12-25(23)26)14-17-30-31-22(4-2)19-27-32(28(31)20-39-30)34(38)35(33(27)37)24-10-6-5-7-11-24/h5-13,15-16,18,27-28,30,32,36H,3-4,14,17,19-20H2,1-2H3/b21-18+/t27-,28+,30-,32-/m1/s1. The Morgan fingerprint density at radius 3 is 2.44 bits per heavy atom. The molecule has 39 heavy (non-hydrogen) atoms. The van der Waals surface area contributed by atoms with Gasteiger partial charge in [-0.3, -0.25) is 14.5 Å². The van der Waals surface area contributed by atoms with Gasteiger partial charge in [0, 0.05) is 11.3 Å². The van der Waals surface area contributed by atoms with Crippen molar-refractivity contribution in [3.05, 3.63) is 89.0 Å². The van der Waals surface area contributed by atoms with E-state index in [1.165, 1.54) is 21.6 Å². The van der Waals surface area contributed by atoms with Crippen LogP contribution in [0.15, 0.2) is 83.4 Å². The summed E-state index contributed by atoms with van der Waals surface area (Å²) in [6.45, 7) is 4.83. The maximum absolute atomic E-state index is 13.6. The second-order valence-corrected chi connectivity index (χ2v) is 10.9. The first-order valence-electron chi connectivity index (χ1n) is 14.2. The Morgan fingerprint density at radius 1 is 0.949 bits per heavy atom. The Balaban J connectivity index is 1.24. The summed E-state index contributed by atoms with van der Waals surface area (Å²) in [5.74, 6) is -0.501. The van der Waals surface area contributed by atoms with Crippen LogP contribution < -0.4 is 4.90 Å². The molecular formula is C34H35NO4. The Labute approximate surface area is 229 Å². The van der Waals surface area contributed by atoms with Crippen molar-refractivity contribution in [2.24, 2.45) is 17.8 Å². The van der Waals surface area contributed by atoms with Crippen molar-refractivity contribution in [3.8, 4) is 5.75 Å². The van der Waals surface area contributed by atoms with Gasteiger partial charge in [0.1, 0.15) is 5.75 Å². The maximum Gasteiger partial charge on any atom is 0.238 e. The average Bonchev–Trinajstić information content (AvgIpc) is 3.50. The molecule has 1 N–H and O–H groups in total. The van der Waals surface area contributed by atoms with Crippen molar-refractivity contribution in [1.82, 2.24) is 0 Å². The van der Waals surface area contributed by atoms with Gasteiger partial charge in [-0.15, -0.1) is 0 Å². The second-order valence-electron chi connectivity index (χ2n) is 10.9. The first-order chi connectivity index (χ1) is 19.0. The van der Waals surface area contributed by atoms with Crippen LogP contribution in [0.25, 0.3) is 16.8 Å². The molecule has 5 nitrogen and oxygen atoms in total. The topological polar surface area (TPSA) is 66.8 Å². The van der Waals surface area contributed by atoms with E-state index < -0.39 is 0 Å². The summed E-state index contributed by atoms with van der Waals surface area (Å²) in [4.78, 5) is 28.5. The third-order valence-electron chi connectivity index (χ3n) is 8.93. The molecule has 0 radical (unpaired) electrons. The number of phenols is 1. The number of allylic oxidation sites excluding steroid dienone is 2. The molecular weight excluding hydrogens is 486 g/mol. The Hall–Kier alpha value is -3.70. The number of aromatic hydroxyl groups is 1. The fraction of sp³-hybridized carbons (Fsp3) is 0.353. The number of phenolic OH excluding ortho intramolecular Hbond substituents is 1. The van der Waals surface area contributed by atoms with Crippen molar-refractivity contribution < 1.29 is 19.4 Å². The van der Waals surface area contributed by atoms with E-state index in [0.717, 1.165) is 42.0 Å². The number of para-hydroxylation sites is 1. The molecule has 2 saturated heterocycles. The first kappa shape index (κ1) is 25.6. The van der Waals surface area contributed by atoms with Crippen LogP contribution in [0.4, 0.5) is 5.69 Å².